The number of carbonyl (C=O) groups excluding carboxylic acids is 1. The molecule has 2 unspecified atom stereocenters. The maximum Gasteiger partial charge on any atom is 0.422 e. The lowest BCUT2D eigenvalue weighted by Gasteiger charge is -2.57. The number of amides is 1. The van der Waals surface area contributed by atoms with Gasteiger partial charge in [0.2, 0.25) is 5.91 Å². The number of hydrogen-bond acceptors (Lipinski definition) is 5. The standard InChI is InChI=1S/C18H25F3N2O4/c1-5-26-14-9-17(22,16(14,2)3)15(24)23-11-6-7-12(25-4)13(8-11)27-10-18(19,20)21/h6-8,14H,5,9-10,22H2,1-4H3,(H,23,24). The zero-order chi connectivity index (χ0) is 20.5. The lowest BCUT2D eigenvalue weighted by molar-refractivity contribution is -0.166. The number of carbonyl (C=O) groups is 1. The van der Waals surface area contributed by atoms with Gasteiger partial charge in [-0.15, -0.1) is 0 Å². The molecule has 3 N–H and O–H groups in total. The summed E-state index contributed by atoms with van der Waals surface area (Å²) in [6.45, 7) is 4.62. The monoisotopic (exact) mass is 390 g/mol. The van der Waals surface area contributed by atoms with Crippen LogP contribution >= 0.6 is 0 Å². The Kier molecular flexibility index (Phi) is 5.96. The van der Waals surface area contributed by atoms with E-state index in [4.69, 9.17) is 19.9 Å². The van der Waals surface area contributed by atoms with Crippen molar-refractivity contribution in [2.75, 3.05) is 25.6 Å². The molecule has 0 aliphatic heterocycles. The molecule has 0 aromatic heterocycles. The Balaban J connectivity index is 2.14. The summed E-state index contributed by atoms with van der Waals surface area (Å²) in [4.78, 5) is 12.7. The van der Waals surface area contributed by atoms with Crippen LogP contribution < -0.4 is 20.5 Å². The van der Waals surface area contributed by atoms with Crippen molar-refractivity contribution in [3.8, 4) is 11.5 Å². The molecule has 1 fully saturated rings. The Morgan fingerprint density at radius 1 is 1.33 bits per heavy atom. The Labute approximate surface area is 156 Å². The van der Waals surface area contributed by atoms with Gasteiger partial charge in [0.05, 0.1) is 13.2 Å². The van der Waals surface area contributed by atoms with Crippen molar-refractivity contribution in [2.45, 2.75) is 45.0 Å². The summed E-state index contributed by atoms with van der Waals surface area (Å²) >= 11 is 0. The van der Waals surface area contributed by atoms with E-state index in [2.05, 4.69) is 5.32 Å². The van der Waals surface area contributed by atoms with E-state index < -0.39 is 29.6 Å². The first-order chi connectivity index (χ1) is 12.4. The molecule has 9 heteroatoms. The predicted molar refractivity (Wildman–Crippen MR) is 93.9 cm³/mol. The van der Waals surface area contributed by atoms with Crippen LogP contribution in [0.1, 0.15) is 27.2 Å². The normalized spacial score (nSPS) is 24.1. The van der Waals surface area contributed by atoms with Crippen molar-refractivity contribution in [3.63, 3.8) is 0 Å². The first-order valence-corrected chi connectivity index (χ1v) is 8.54. The number of methoxy groups -OCH3 is 1. The lowest BCUT2D eigenvalue weighted by atomic mass is 9.54. The van der Waals surface area contributed by atoms with Gasteiger partial charge in [0.1, 0.15) is 5.54 Å². The van der Waals surface area contributed by atoms with Gasteiger partial charge in [-0.1, -0.05) is 13.8 Å². The number of halogens is 3. The highest BCUT2D eigenvalue weighted by Crippen LogP contribution is 2.50. The topological polar surface area (TPSA) is 82.8 Å². The molecule has 2 atom stereocenters. The minimum atomic E-state index is -4.49. The van der Waals surface area contributed by atoms with E-state index in [-0.39, 0.29) is 23.3 Å². The molecule has 0 bridgehead atoms. The van der Waals surface area contributed by atoms with Gasteiger partial charge < -0.3 is 25.3 Å². The van der Waals surface area contributed by atoms with E-state index in [9.17, 15) is 18.0 Å². The summed E-state index contributed by atoms with van der Waals surface area (Å²) in [5.41, 5.74) is 4.83. The molecule has 0 heterocycles. The molecule has 1 amide bonds. The minimum absolute atomic E-state index is 0.125. The zero-order valence-electron chi connectivity index (χ0n) is 15.8. The van der Waals surface area contributed by atoms with Crippen LogP contribution in [-0.4, -0.2) is 44.0 Å². The van der Waals surface area contributed by atoms with Crippen molar-refractivity contribution in [1.82, 2.24) is 0 Å². The number of anilines is 1. The number of ether oxygens (including phenoxy) is 3. The van der Waals surface area contributed by atoms with Crippen LogP contribution in [0.15, 0.2) is 18.2 Å². The fraction of sp³-hybridized carbons (Fsp3) is 0.611. The number of alkyl halides is 3. The molecule has 2 rings (SSSR count). The molecule has 1 aliphatic rings. The van der Waals surface area contributed by atoms with Gasteiger partial charge >= 0.3 is 6.18 Å². The van der Waals surface area contributed by atoms with Crippen molar-refractivity contribution in [1.29, 1.82) is 0 Å². The molecular formula is C18H25F3N2O4. The van der Waals surface area contributed by atoms with Gasteiger partial charge in [-0.05, 0) is 19.1 Å². The van der Waals surface area contributed by atoms with E-state index in [1.807, 2.05) is 20.8 Å². The highest BCUT2D eigenvalue weighted by Gasteiger charge is 2.62. The van der Waals surface area contributed by atoms with Crippen LogP contribution in [0.4, 0.5) is 18.9 Å². The van der Waals surface area contributed by atoms with E-state index in [0.29, 0.717) is 13.0 Å². The summed E-state index contributed by atoms with van der Waals surface area (Å²) in [6.07, 6.45) is -4.27. The quantitative estimate of drug-likeness (QED) is 0.748. The van der Waals surface area contributed by atoms with Gasteiger partial charge in [-0.3, -0.25) is 4.79 Å². The fourth-order valence-electron chi connectivity index (χ4n) is 3.09. The van der Waals surface area contributed by atoms with E-state index in [0.717, 1.165) is 0 Å². The smallest absolute Gasteiger partial charge is 0.422 e. The van der Waals surface area contributed by atoms with Gasteiger partial charge in [0.15, 0.2) is 18.1 Å². The largest absolute Gasteiger partial charge is 0.493 e. The van der Waals surface area contributed by atoms with Gasteiger partial charge in [-0.25, -0.2) is 0 Å². The second-order valence-corrected chi connectivity index (χ2v) is 7.06. The van der Waals surface area contributed by atoms with E-state index >= 15 is 0 Å². The molecule has 1 aromatic rings. The average Bonchev–Trinajstić information content (AvgIpc) is 2.59. The third-order valence-corrected chi connectivity index (χ3v) is 5.05. The van der Waals surface area contributed by atoms with E-state index in [1.54, 1.807) is 0 Å². The first-order valence-electron chi connectivity index (χ1n) is 8.54. The molecule has 6 nitrogen and oxygen atoms in total. The Morgan fingerprint density at radius 3 is 2.52 bits per heavy atom. The second-order valence-electron chi connectivity index (χ2n) is 7.06. The number of rotatable bonds is 7. The van der Waals surface area contributed by atoms with Crippen molar-refractivity contribution in [3.05, 3.63) is 18.2 Å². The number of benzene rings is 1. The molecule has 1 aromatic carbocycles. The minimum Gasteiger partial charge on any atom is -0.493 e. The fourth-order valence-corrected chi connectivity index (χ4v) is 3.09. The average molecular weight is 390 g/mol. The number of nitrogens with one attached hydrogen (secondary N) is 1. The van der Waals surface area contributed by atoms with Gasteiger partial charge in [0, 0.05) is 30.2 Å². The predicted octanol–water partition coefficient (Wildman–Crippen LogP) is 3.11. The summed E-state index contributed by atoms with van der Waals surface area (Å²) in [7, 11) is 1.31. The van der Waals surface area contributed by atoms with Crippen LogP contribution in [0.2, 0.25) is 0 Å². The van der Waals surface area contributed by atoms with Crippen LogP contribution in [-0.2, 0) is 9.53 Å². The van der Waals surface area contributed by atoms with E-state index in [1.165, 1.54) is 25.3 Å². The molecule has 1 saturated carbocycles. The van der Waals surface area contributed by atoms with Crippen LogP contribution in [0.25, 0.3) is 0 Å². The van der Waals surface area contributed by atoms with Crippen LogP contribution in [0, 0.1) is 5.41 Å². The third-order valence-electron chi connectivity index (χ3n) is 5.05. The second kappa shape index (κ2) is 7.55. The maximum absolute atomic E-state index is 12.7. The summed E-state index contributed by atoms with van der Waals surface area (Å²) < 4.78 is 52.6. The van der Waals surface area contributed by atoms with Crippen molar-refractivity contribution < 1.29 is 32.2 Å². The Hall–Kier alpha value is -2.00. The molecule has 0 radical (unpaired) electrons. The molecular weight excluding hydrogens is 365 g/mol. The SMILES string of the molecule is CCOC1CC(N)(C(=O)Nc2ccc(OC)c(OCC(F)(F)F)c2)C1(C)C. The Morgan fingerprint density at radius 2 is 2.00 bits per heavy atom. The molecule has 0 spiro atoms. The van der Waals surface area contributed by atoms with Crippen LogP contribution in [0.3, 0.4) is 0 Å². The third kappa shape index (κ3) is 4.30. The van der Waals surface area contributed by atoms with Gasteiger partial charge in [0.25, 0.3) is 0 Å². The lowest BCUT2D eigenvalue weighted by Crippen LogP contribution is -2.74. The van der Waals surface area contributed by atoms with Crippen LogP contribution in [0.5, 0.6) is 11.5 Å². The molecule has 0 saturated heterocycles. The maximum atomic E-state index is 12.7. The molecule has 1 aliphatic carbocycles. The zero-order valence-corrected chi connectivity index (χ0v) is 15.8. The van der Waals surface area contributed by atoms with Crippen molar-refractivity contribution in [2.24, 2.45) is 11.1 Å². The molecule has 27 heavy (non-hydrogen) atoms. The summed E-state index contributed by atoms with van der Waals surface area (Å²) in [6, 6.07) is 4.20. The van der Waals surface area contributed by atoms with Gasteiger partial charge in [-0.2, -0.15) is 13.2 Å². The highest BCUT2D eigenvalue weighted by molar-refractivity contribution is 6.00. The summed E-state index contributed by atoms with van der Waals surface area (Å²) in [5, 5.41) is 2.66. The number of hydrogen-bond donors (Lipinski definition) is 2. The highest BCUT2D eigenvalue weighted by atomic mass is 19.4. The first kappa shape index (κ1) is 21.3. The van der Waals surface area contributed by atoms with Crippen molar-refractivity contribution >= 4 is 11.6 Å². The Bertz CT molecular complexity index is 694. The summed E-state index contributed by atoms with van der Waals surface area (Å²) in [5.74, 6) is -0.436. The molecule has 152 valence electrons. The number of nitrogens with two attached hydrogens (primary N) is 1.